The molecule has 0 saturated carbocycles. The van der Waals surface area contributed by atoms with Crippen LogP contribution in [0.15, 0.2) is 79.1 Å². The number of aromatic nitrogens is 3. The molecular weight excluding hydrogens is 310 g/mol. The van der Waals surface area contributed by atoms with Crippen LogP contribution in [-0.4, -0.2) is 22.1 Å². The van der Waals surface area contributed by atoms with E-state index < -0.39 is 0 Å². The van der Waals surface area contributed by atoms with Crippen molar-refractivity contribution in [2.75, 3.05) is 7.11 Å². The molecule has 25 heavy (non-hydrogen) atoms. The zero-order chi connectivity index (χ0) is 17.1. The van der Waals surface area contributed by atoms with Crippen molar-refractivity contribution >= 4 is 0 Å². The molecule has 0 spiro atoms. The highest BCUT2D eigenvalue weighted by molar-refractivity contribution is 5.75. The SMILES string of the molecule is COc1ccc(-c2cc(-c3ccccc3)nc(-c3ncc[nH]3)c2)cc1. The Labute approximate surface area is 146 Å². The van der Waals surface area contributed by atoms with E-state index in [1.807, 2.05) is 36.4 Å². The molecule has 0 fully saturated rings. The van der Waals surface area contributed by atoms with Crippen LogP contribution in [0.2, 0.25) is 0 Å². The first-order chi connectivity index (χ1) is 12.3. The highest BCUT2D eigenvalue weighted by Crippen LogP contribution is 2.29. The maximum Gasteiger partial charge on any atom is 0.156 e. The van der Waals surface area contributed by atoms with E-state index in [1.165, 1.54) is 0 Å². The fourth-order valence-electron chi connectivity index (χ4n) is 2.76. The molecule has 0 aliphatic heterocycles. The summed E-state index contributed by atoms with van der Waals surface area (Å²) in [5, 5.41) is 0. The van der Waals surface area contributed by atoms with Gasteiger partial charge in [0.15, 0.2) is 5.82 Å². The summed E-state index contributed by atoms with van der Waals surface area (Å²) in [6, 6.07) is 22.3. The van der Waals surface area contributed by atoms with Gasteiger partial charge < -0.3 is 9.72 Å². The molecule has 0 aliphatic rings. The molecule has 2 aromatic heterocycles. The minimum Gasteiger partial charge on any atom is -0.497 e. The van der Waals surface area contributed by atoms with E-state index in [-0.39, 0.29) is 0 Å². The number of nitrogens with one attached hydrogen (secondary N) is 1. The van der Waals surface area contributed by atoms with Crippen molar-refractivity contribution in [2.45, 2.75) is 0 Å². The summed E-state index contributed by atoms with van der Waals surface area (Å²) < 4.78 is 5.25. The largest absolute Gasteiger partial charge is 0.497 e. The quantitative estimate of drug-likeness (QED) is 0.585. The van der Waals surface area contributed by atoms with E-state index in [2.05, 4.69) is 40.3 Å². The second-order valence-electron chi connectivity index (χ2n) is 5.66. The number of hydrogen-bond acceptors (Lipinski definition) is 3. The van der Waals surface area contributed by atoms with E-state index in [0.717, 1.165) is 39.7 Å². The van der Waals surface area contributed by atoms with Crippen molar-refractivity contribution in [3.63, 3.8) is 0 Å². The molecule has 4 nitrogen and oxygen atoms in total. The minimum atomic E-state index is 0.757. The maximum absolute atomic E-state index is 5.25. The lowest BCUT2D eigenvalue weighted by molar-refractivity contribution is 0.415. The van der Waals surface area contributed by atoms with Crippen LogP contribution in [0.3, 0.4) is 0 Å². The van der Waals surface area contributed by atoms with E-state index in [1.54, 1.807) is 19.5 Å². The van der Waals surface area contributed by atoms with Gasteiger partial charge in [-0.05, 0) is 35.4 Å². The molecular formula is C21H17N3O. The third kappa shape index (κ3) is 3.15. The van der Waals surface area contributed by atoms with E-state index >= 15 is 0 Å². The Balaban J connectivity index is 1.86. The summed E-state index contributed by atoms with van der Waals surface area (Å²) in [4.78, 5) is 12.3. The number of nitrogens with zero attached hydrogens (tertiary/aromatic N) is 2. The lowest BCUT2D eigenvalue weighted by Crippen LogP contribution is -1.92. The van der Waals surface area contributed by atoms with Crippen molar-refractivity contribution in [1.82, 2.24) is 15.0 Å². The smallest absolute Gasteiger partial charge is 0.156 e. The Morgan fingerprint density at radius 1 is 0.800 bits per heavy atom. The molecule has 2 heterocycles. The van der Waals surface area contributed by atoms with Crippen LogP contribution < -0.4 is 4.74 Å². The Hall–Kier alpha value is -3.40. The molecule has 2 aromatic carbocycles. The van der Waals surface area contributed by atoms with Gasteiger partial charge in [0.05, 0.1) is 12.8 Å². The average Bonchev–Trinajstić information content (AvgIpc) is 3.23. The number of H-pyrrole nitrogens is 1. The normalized spacial score (nSPS) is 10.6. The molecule has 0 bridgehead atoms. The fourth-order valence-corrected chi connectivity index (χ4v) is 2.76. The predicted octanol–water partition coefficient (Wildman–Crippen LogP) is 4.81. The molecule has 122 valence electrons. The Morgan fingerprint density at radius 3 is 2.24 bits per heavy atom. The molecule has 1 N–H and O–H groups in total. The first kappa shape index (κ1) is 15.1. The second kappa shape index (κ2) is 6.61. The third-order valence-corrected chi connectivity index (χ3v) is 4.06. The van der Waals surface area contributed by atoms with Crippen molar-refractivity contribution in [3.8, 4) is 39.7 Å². The van der Waals surface area contributed by atoms with Gasteiger partial charge in [-0.1, -0.05) is 42.5 Å². The first-order valence-corrected chi connectivity index (χ1v) is 8.05. The number of hydrogen-bond donors (Lipinski definition) is 1. The maximum atomic E-state index is 5.25. The number of ether oxygens (including phenoxy) is 1. The van der Waals surface area contributed by atoms with Gasteiger partial charge in [-0.25, -0.2) is 9.97 Å². The molecule has 0 amide bonds. The van der Waals surface area contributed by atoms with Crippen LogP contribution in [0.1, 0.15) is 0 Å². The van der Waals surface area contributed by atoms with Gasteiger partial charge >= 0.3 is 0 Å². The topological polar surface area (TPSA) is 50.8 Å². The lowest BCUT2D eigenvalue weighted by atomic mass is 10.0. The number of benzene rings is 2. The summed E-state index contributed by atoms with van der Waals surface area (Å²) in [5.41, 5.74) is 5.00. The summed E-state index contributed by atoms with van der Waals surface area (Å²) >= 11 is 0. The van der Waals surface area contributed by atoms with Crippen LogP contribution in [-0.2, 0) is 0 Å². The fraction of sp³-hybridized carbons (Fsp3) is 0.0476. The van der Waals surface area contributed by atoms with E-state index in [9.17, 15) is 0 Å². The summed E-state index contributed by atoms with van der Waals surface area (Å²) in [6.45, 7) is 0. The summed E-state index contributed by atoms with van der Waals surface area (Å²) in [5.74, 6) is 1.60. The van der Waals surface area contributed by atoms with Crippen molar-refractivity contribution in [1.29, 1.82) is 0 Å². The Morgan fingerprint density at radius 2 is 1.56 bits per heavy atom. The highest BCUT2D eigenvalue weighted by atomic mass is 16.5. The molecule has 4 heteroatoms. The molecule has 4 rings (SSSR count). The van der Waals surface area contributed by atoms with Gasteiger partial charge in [0.25, 0.3) is 0 Å². The first-order valence-electron chi connectivity index (χ1n) is 8.05. The number of methoxy groups -OCH3 is 1. The van der Waals surface area contributed by atoms with E-state index in [4.69, 9.17) is 9.72 Å². The van der Waals surface area contributed by atoms with Gasteiger partial charge in [0.1, 0.15) is 11.4 Å². The van der Waals surface area contributed by atoms with E-state index in [0.29, 0.717) is 0 Å². The van der Waals surface area contributed by atoms with Crippen molar-refractivity contribution in [2.24, 2.45) is 0 Å². The van der Waals surface area contributed by atoms with Gasteiger partial charge in [-0.15, -0.1) is 0 Å². The molecule has 0 radical (unpaired) electrons. The van der Waals surface area contributed by atoms with Crippen LogP contribution >= 0.6 is 0 Å². The van der Waals surface area contributed by atoms with Crippen LogP contribution in [0.5, 0.6) is 5.75 Å². The molecule has 0 saturated heterocycles. The lowest BCUT2D eigenvalue weighted by Gasteiger charge is -2.09. The molecule has 0 unspecified atom stereocenters. The molecule has 4 aromatic rings. The zero-order valence-electron chi connectivity index (χ0n) is 13.8. The van der Waals surface area contributed by atoms with Gasteiger partial charge in [0, 0.05) is 18.0 Å². The number of rotatable bonds is 4. The van der Waals surface area contributed by atoms with Gasteiger partial charge in [-0.3, -0.25) is 0 Å². The zero-order valence-corrected chi connectivity index (χ0v) is 13.8. The van der Waals surface area contributed by atoms with Gasteiger partial charge in [0.2, 0.25) is 0 Å². The Bertz CT molecular complexity index is 962. The third-order valence-electron chi connectivity index (χ3n) is 4.06. The van der Waals surface area contributed by atoms with Crippen molar-refractivity contribution in [3.05, 3.63) is 79.1 Å². The standard InChI is InChI=1S/C21H17N3O/c1-25-18-9-7-15(8-10-18)17-13-19(16-5-3-2-4-6-16)24-20(14-17)21-22-11-12-23-21/h2-14H,1H3,(H,22,23). The predicted molar refractivity (Wildman–Crippen MR) is 99.2 cm³/mol. The summed E-state index contributed by atoms with van der Waals surface area (Å²) in [6.07, 6.45) is 3.54. The minimum absolute atomic E-state index is 0.757. The number of pyridine rings is 1. The number of imidazole rings is 1. The monoisotopic (exact) mass is 327 g/mol. The average molecular weight is 327 g/mol. The molecule has 0 aliphatic carbocycles. The number of aromatic amines is 1. The highest BCUT2D eigenvalue weighted by Gasteiger charge is 2.10. The van der Waals surface area contributed by atoms with Crippen LogP contribution in [0.4, 0.5) is 0 Å². The van der Waals surface area contributed by atoms with Crippen molar-refractivity contribution < 1.29 is 4.74 Å². The van der Waals surface area contributed by atoms with Gasteiger partial charge in [-0.2, -0.15) is 0 Å². The second-order valence-corrected chi connectivity index (χ2v) is 5.66. The van der Waals surface area contributed by atoms with Crippen LogP contribution in [0, 0.1) is 0 Å². The summed E-state index contributed by atoms with van der Waals surface area (Å²) in [7, 11) is 1.67. The van der Waals surface area contributed by atoms with Crippen LogP contribution in [0.25, 0.3) is 33.9 Å². The Kier molecular flexibility index (Phi) is 4.01. The molecule has 0 atom stereocenters.